The molecule has 2 rings (SSSR count). The summed E-state index contributed by atoms with van der Waals surface area (Å²) in [6, 6.07) is 1.17. The number of nitro benzene ring substituents is 1. The smallest absolute Gasteiger partial charge is 0.308 e. The van der Waals surface area contributed by atoms with Gasteiger partial charge in [-0.3, -0.25) is 14.9 Å². The van der Waals surface area contributed by atoms with E-state index in [4.69, 9.17) is 0 Å². The van der Waals surface area contributed by atoms with Gasteiger partial charge in [-0.05, 0) is 18.4 Å². The Balaban J connectivity index is 2.39. The SMILES string of the molecule is CC1CCN(C(=O)c2cc(F)cc([N+](=O)[O-])c2F)C1. The summed E-state index contributed by atoms with van der Waals surface area (Å²) in [4.78, 5) is 23.0. The molecule has 0 aromatic heterocycles. The Hall–Kier alpha value is -2.05. The minimum Gasteiger partial charge on any atom is -0.338 e. The van der Waals surface area contributed by atoms with Crippen molar-refractivity contribution in [3.05, 3.63) is 39.4 Å². The quantitative estimate of drug-likeness (QED) is 0.612. The van der Waals surface area contributed by atoms with E-state index in [-0.39, 0.29) is 5.92 Å². The number of hydrogen-bond donors (Lipinski definition) is 0. The first-order chi connectivity index (χ1) is 8.90. The molecule has 0 N–H and O–H groups in total. The van der Waals surface area contributed by atoms with Crippen LogP contribution in [-0.2, 0) is 0 Å². The summed E-state index contributed by atoms with van der Waals surface area (Å²) in [7, 11) is 0. The first-order valence-electron chi connectivity index (χ1n) is 5.83. The van der Waals surface area contributed by atoms with Crippen LogP contribution in [0.4, 0.5) is 14.5 Å². The number of hydrogen-bond acceptors (Lipinski definition) is 3. The number of carbonyl (C=O) groups excluding carboxylic acids is 1. The lowest BCUT2D eigenvalue weighted by molar-refractivity contribution is -0.387. The predicted octanol–water partition coefficient (Wildman–Crippen LogP) is 2.36. The van der Waals surface area contributed by atoms with Gasteiger partial charge in [-0.1, -0.05) is 6.92 Å². The molecule has 1 fully saturated rings. The zero-order valence-electron chi connectivity index (χ0n) is 10.2. The second-order valence-electron chi connectivity index (χ2n) is 4.69. The van der Waals surface area contributed by atoms with E-state index in [1.807, 2.05) is 6.92 Å². The van der Waals surface area contributed by atoms with Crippen molar-refractivity contribution in [1.29, 1.82) is 0 Å². The molecule has 1 aromatic rings. The van der Waals surface area contributed by atoms with Crippen LogP contribution in [0.3, 0.4) is 0 Å². The fourth-order valence-electron chi connectivity index (χ4n) is 2.15. The summed E-state index contributed by atoms with van der Waals surface area (Å²) in [6.45, 7) is 2.84. The van der Waals surface area contributed by atoms with Crippen molar-refractivity contribution in [2.45, 2.75) is 13.3 Å². The predicted molar refractivity (Wildman–Crippen MR) is 62.7 cm³/mol. The maximum atomic E-state index is 13.8. The van der Waals surface area contributed by atoms with Crippen LogP contribution in [0.2, 0.25) is 0 Å². The Morgan fingerprint density at radius 3 is 2.68 bits per heavy atom. The van der Waals surface area contributed by atoms with Crippen LogP contribution >= 0.6 is 0 Å². The lowest BCUT2D eigenvalue weighted by Gasteiger charge is -2.16. The third-order valence-corrected chi connectivity index (χ3v) is 3.16. The number of nitro groups is 1. The molecule has 1 aliphatic heterocycles. The van der Waals surface area contributed by atoms with Crippen LogP contribution in [0.25, 0.3) is 0 Å². The van der Waals surface area contributed by atoms with Crippen molar-refractivity contribution in [2.24, 2.45) is 5.92 Å². The molecule has 1 aliphatic rings. The standard InChI is InChI=1S/C12H12F2N2O3/c1-7-2-3-15(6-7)12(17)9-4-8(13)5-10(11(9)14)16(18)19/h4-5,7H,2-3,6H2,1H3. The zero-order chi connectivity index (χ0) is 14.2. The topological polar surface area (TPSA) is 63.5 Å². The molecule has 0 aliphatic carbocycles. The van der Waals surface area contributed by atoms with Gasteiger partial charge in [0.2, 0.25) is 5.82 Å². The van der Waals surface area contributed by atoms with Crippen LogP contribution in [0.15, 0.2) is 12.1 Å². The van der Waals surface area contributed by atoms with Gasteiger partial charge in [0.1, 0.15) is 5.82 Å². The third kappa shape index (κ3) is 2.54. The van der Waals surface area contributed by atoms with E-state index in [0.717, 1.165) is 6.42 Å². The van der Waals surface area contributed by atoms with Gasteiger partial charge in [-0.2, -0.15) is 4.39 Å². The summed E-state index contributed by atoms with van der Waals surface area (Å²) >= 11 is 0. The van der Waals surface area contributed by atoms with Crippen molar-refractivity contribution in [2.75, 3.05) is 13.1 Å². The van der Waals surface area contributed by atoms with Crippen LogP contribution in [0, 0.1) is 27.7 Å². The maximum absolute atomic E-state index is 13.8. The molecule has 0 bridgehead atoms. The Bertz CT molecular complexity index is 548. The Morgan fingerprint density at radius 1 is 1.47 bits per heavy atom. The molecular weight excluding hydrogens is 258 g/mol. The van der Waals surface area contributed by atoms with Gasteiger partial charge in [0.25, 0.3) is 5.91 Å². The highest BCUT2D eigenvalue weighted by Gasteiger charge is 2.30. The molecule has 1 saturated heterocycles. The number of amides is 1. The molecule has 1 heterocycles. The van der Waals surface area contributed by atoms with Gasteiger partial charge in [0.15, 0.2) is 0 Å². The zero-order valence-corrected chi connectivity index (χ0v) is 10.2. The maximum Gasteiger partial charge on any atom is 0.308 e. The number of carbonyl (C=O) groups is 1. The monoisotopic (exact) mass is 270 g/mol. The molecular formula is C12H12F2N2O3. The highest BCUT2D eigenvalue weighted by molar-refractivity contribution is 5.95. The van der Waals surface area contributed by atoms with E-state index in [9.17, 15) is 23.7 Å². The van der Waals surface area contributed by atoms with Gasteiger partial charge < -0.3 is 4.90 Å². The summed E-state index contributed by atoms with van der Waals surface area (Å²) in [5.41, 5.74) is -1.60. The molecule has 1 aromatic carbocycles. The van der Waals surface area contributed by atoms with Crippen molar-refractivity contribution in [3.8, 4) is 0 Å². The number of nitrogens with zero attached hydrogens (tertiary/aromatic N) is 2. The van der Waals surface area contributed by atoms with Crippen LogP contribution in [-0.4, -0.2) is 28.8 Å². The van der Waals surface area contributed by atoms with Gasteiger partial charge >= 0.3 is 5.69 Å². The van der Waals surface area contributed by atoms with E-state index in [1.54, 1.807) is 0 Å². The van der Waals surface area contributed by atoms with E-state index < -0.39 is 33.7 Å². The third-order valence-electron chi connectivity index (χ3n) is 3.16. The van der Waals surface area contributed by atoms with E-state index in [0.29, 0.717) is 25.2 Å². The highest BCUT2D eigenvalue weighted by Crippen LogP contribution is 2.25. The molecule has 102 valence electrons. The normalized spacial score (nSPS) is 18.7. The Kier molecular flexibility index (Phi) is 3.46. The van der Waals surface area contributed by atoms with E-state index >= 15 is 0 Å². The number of likely N-dealkylation sites (tertiary alicyclic amines) is 1. The molecule has 1 amide bonds. The van der Waals surface area contributed by atoms with Gasteiger partial charge in [0, 0.05) is 13.1 Å². The van der Waals surface area contributed by atoms with Gasteiger partial charge in [-0.15, -0.1) is 0 Å². The number of halogens is 2. The summed E-state index contributed by atoms with van der Waals surface area (Å²) < 4.78 is 27.1. The highest BCUT2D eigenvalue weighted by atomic mass is 19.1. The lowest BCUT2D eigenvalue weighted by atomic mass is 10.1. The largest absolute Gasteiger partial charge is 0.338 e. The summed E-state index contributed by atoms with van der Waals surface area (Å²) in [5.74, 6) is -2.69. The fourth-order valence-corrected chi connectivity index (χ4v) is 2.15. The molecule has 1 unspecified atom stereocenters. The minimum atomic E-state index is -1.28. The molecule has 0 saturated carbocycles. The molecule has 5 nitrogen and oxygen atoms in total. The first-order valence-corrected chi connectivity index (χ1v) is 5.83. The Morgan fingerprint density at radius 2 is 2.16 bits per heavy atom. The summed E-state index contributed by atoms with van der Waals surface area (Å²) in [5, 5.41) is 10.6. The van der Waals surface area contributed by atoms with Crippen LogP contribution in [0.5, 0.6) is 0 Å². The number of benzene rings is 1. The minimum absolute atomic E-state index is 0.288. The molecule has 1 atom stereocenters. The van der Waals surface area contributed by atoms with E-state index in [1.165, 1.54) is 4.90 Å². The molecule has 19 heavy (non-hydrogen) atoms. The average molecular weight is 270 g/mol. The molecule has 7 heteroatoms. The van der Waals surface area contributed by atoms with Crippen LogP contribution < -0.4 is 0 Å². The lowest BCUT2D eigenvalue weighted by Crippen LogP contribution is -2.29. The summed E-state index contributed by atoms with van der Waals surface area (Å²) in [6.07, 6.45) is 0.783. The van der Waals surface area contributed by atoms with Gasteiger partial charge in [-0.25, -0.2) is 4.39 Å². The molecule has 0 radical (unpaired) electrons. The second kappa shape index (κ2) is 4.91. The van der Waals surface area contributed by atoms with E-state index in [2.05, 4.69) is 0 Å². The van der Waals surface area contributed by atoms with Crippen molar-refractivity contribution in [3.63, 3.8) is 0 Å². The molecule has 0 spiro atoms. The number of rotatable bonds is 2. The first kappa shape index (κ1) is 13.4. The Labute approximate surface area is 108 Å². The van der Waals surface area contributed by atoms with Crippen LogP contribution in [0.1, 0.15) is 23.7 Å². The second-order valence-corrected chi connectivity index (χ2v) is 4.69. The van der Waals surface area contributed by atoms with Crippen molar-refractivity contribution >= 4 is 11.6 Å². The average Bonchev–Trinajstić information content (AvgIpc) is 2.77. The van der Waals surface area contributed by atoms with Gasteiger partial charge in [0.05, 0.1) is 16.6 Å². The van der Waals surface area contributed by atoms with Crippen molar-refractivity contribution in [1.82, 2.24) is 4.90 Å². The fraction of sp³-hybridized carbons (Fsp3) is 0.417. The van der Waals surface area contributed by atoms with Crippen molar-refractivity contribution < 1.29 is 18.5 Å².